The van der Waals surface area contributed by atoms with Crippen LogP contribution >= 0.6 is 11.6 Å². The molecule has 0 aliphatic carbocycles. The van der Waals surface area contributed by atoms with Gasteiger partial charge in [-0.15, -0.1) is 0 Å². The van der Waals surface area contributed by atoms with Gasteiger partial charge in [0.1, 0.15) is 11.1 Å². The Hall–Kier alpha value is -2.64. The van der Waals surface area contributed by atoms with E-state index in [1.807, 2.05) is 30.3 Å². The standard InChI is InChI=1S/C22H24ClN3O4/c23-19-11-16(13-25-22(19)30-18-6-8-29-9-7-18)21(28)24-12-15-10-20(27)26(14-15)17-4-2-1-3-5-17/h1-5,11,13,15,18H,6-10,12,14H2,(H,24,28)/t15-/m1/s1. The summed E-state index contributed by atoms with van der Waals surface area (Å²) in [7, 11) is 0. The topological polar surface area (TPSA) is 80.8 Å². The number of benzene rings is 1. The van der Waals surface area contributed by atoms with Gasteiger partial charge in [0.25, 0.3) is 5.91 Å². The Balaban J connectivity index is 1.31. The summed E-state index contributed by atoms with van der Waals surface area (Å²) in [5, 5.41) is 3.19. The molecule has 0 spiro atoms. The third-order valence-electron chi connectivity index (χ3n) is 5.34. The zero-order chi connectivity index (χ0) is 20.9. The quantitative estimate of drug-likeness (QED) is 0.763. The van der Waals surface area contributed by atoms with Crippen molar-refractivity contribution in [1.29, 1.82) is 0 Å². The second-order valence-corrected chi connectivity index (χ2v) is 7.97. The molecular formula is C22H24ClN3O4. The van der Waals surface area contributed by atoms with E-state index in [9.17, 15) is 9.59 Å². The smallest absolute Gasteiger partial charge is 0.252 e. The van der Waals surface area contributed by atoms with E-state index in [0.29, 0.717) is 49.2 Å². The molecule has 0 radical (unpaired) electrons. The molecule has 2 aliphatic rings. The van der Waals surface area contributed by atoms with Gasteiger partial charge in [-0.25, -0.2) is 4.98 Å². The van der Waals surface area contributed by atoms with E-state index in [0.717, 1.165) is 18.5 Å². The van der Waals surface area contributed by atoms with Crippen LogP contribution in [0.1, 0.15) is 29.6 Å². The number of aromatic nitrogens is 1. The summed E-state index contributed by atoms with van der Waals surface area (Å²) < 4.78 is 11.1. The fourth-order valence-corrected chi connectivity index (χ4v) is 3.91. The molecule has 7 nitrogen and oxygen atoms in total. The molecule has 3 heterocycles. The summed E-state index contributed by atoms with van der Waals surface area (Å²) >= 11 is 6.28. The molecule has 1 aromatic heterocycles. The van der Waals surface area contributed by atoms with Gasteiger partial charge in [-0.05, 0) is 18.2 Å². The molecule has 2 saturated heterocycles. The predicted molar refractivity (Wildman–Crippen MR) is 113 cm³/mol. The maximum atomic E-state index is 12.5. The van der Waals surface area contributed by atoms with Crippen molar-refractivity contribution in [2.75, 3.05) is 31.2 Å². The number of nitrogens with zero attached hydrogens (tertiary/aromatic N) is 2. The van der Waals surface area contributed by atoms with Crippen LogP contribution in [-0.4, -0.2) is 49.2 Å². The Labute approximate surface area is 180 Å². The summed E-state index contributed by atoms with van der Waals surface area (Å²) in [6.07, 6.45) is 3.48. The molecular weight excluding hydrogens is 406 g/mol. The molecule has 158 valence electrons. The van der Waals surface area contributed by atoms with Gasteiger partial charge in [-0.3, -0.25) is 9.59 Å². The molecule has 8 heteroatoms. The van der Waals surface area contributed by atoms with Gasteiger partial charge in [0.2, 0.25) is 11.8 Å². The SMILES string of the molecule is O=C(NC[C@H]1CC(=O)N(c2ccccc2)C1)c1cnc(OC2CCOCC2)c(Cl)c1. The highest BCUT2D eigenvalue weighted by Gasteiger charge is 2.30. The van der Waals surface area contributed by atoms with Crippen LogP contribution in [0.3, 0.4) is 0 Å². The van der Waals surface area contributed by atoms with Gasteiger partial charge in [0.05, 0.1) is 18.8 Å². The van der Waals surface area contributed by atoms with Crippen LogP contribution in [0.5, 0.6) is 5.88 Å². The molecule has 1 aromatic carbocycles. The molecule has 2 aliphatic heterocycles. The second-order valence-electron chi connectivity index (χ2n) is 7.56. The Morgan fingerprint density at radius 2 is 2.03 bits per heavy atom. The maximum absolute atomic E-state index is 12.5. The number of rotatable bonds is 6. The van der Waals surface area contributed by atoms with Gasteiger partial charge < -0.3 is 19.7 Å². The van der Waals surface area contributed by atoms with Crippen molar-refractivity contribution >= 4 is 29.1 Å². The molecule has 4 rings (SSSR count). The first-order valence-corrected chi connectivity index (χ1v) is 10.5. The Kier molecular flexibility index (Phi) is 6.50. The van der Waals surface area contributed by atoms with Crippen LogP contribution in [0.25, 0.3) is 0 Å². The summed E-state index contributed by atoms with van der Waals surface area (Å²) in [5.74, 6) is 0.189. The maximum Gasteiger partial charge on any atom is 0.252 e. The van der Waals surface area contributed by atoms with Crippen molar-refractivity contribution < 1.29 is 19.1 Å². The van der Waals surface area contributed by atoms with Crippen molar-refractivity contribution in [3.8, 4) is 5.88 Å². The zero-order valence-corrected chi connectivity index (χ0v) is 17.3. The van der Waals surface area contributed by atoms with Crippen LogP contribution in [0.4, 0.5) is 5.69 Å². The van der Waals surface area contributed by atoms with E-state index >= 15 is 0 Å². The molecule has 1 atom stereocenters. The first-order chi connectivity index (χ1) is 14.6. The van der Waals surface area contributed by atoms with Gasteiger partial charge >= 0.3 is 0 Å². The number of anilines is 1. The summed E-state index contributed by atoms with van der Waals surface area (Å²) in [4.78, 5) is 30.8. The minimum Gasteiger partial charge on any atom is -0.473 e. The Morgan fingerprint density at radius 3 is 2.77 bits per heavy atom. The fraction of sp³-hybridized carbons (Fsp3) is 0.409. The largest absolute Gasteiger partial charge is 0.473 e. The number of pyridine rings is 1. The average molecular weight is 430 g/mol. The molecule has 30 heavy (non-hydrogen) atoms. The molecule has 0 saturated carbocycles. The lowest BCUT2D eigenvalue weighted by Gasteiger charge is -2.23. The first kappa shape index (κ1) is 20.6. The van der Waals surface area contributed by atoms with Crippen molar-refractivity contribution in [3.05, 3.63) is 53.2 Å². The number of carbonyl (C=O) groups excluding carboxylic acids is 2. The lowest BCUT2D eigenvalue weighted by Crippen LogP contribution is -2.31. The molecule has 2 fully saturated rings. The van der Waals surface area contributed by atoms with E-state index in [-0.39, 0.29) is 23.8 Å². The molecule has 2 aromatic rings. The van der Waals surface area contributed by atoms with Crippen molar-refractivity contribution in [2.24, 2.45) is 5.92 Å². The summed E-state index contributed by atoms with van der Waals surface area (Å²) in [5.41, 5.74) is 1.25. The molecule has 0 unspecified atom stereocenters. The van der Waals surface area contributed by atoms with Gasteiger partial charge in [-0.2, -0.15) is 0 Å². The average Bonchev–Trinajstić information content (AvgIpc) is 3.15. The number of para-hydroxylation sites is 1. The number of amides is 2. The van der Waals surface area contributed by atoms with Crippen LogP contribution in [0.15, 0.2) is 42.6 Å². The first-order valence-electron chi connectivity index (χ1n) is 10.1. The number of nitrogens with one attached hydrogen (secondary N) is 1. The summed E-state index contributed by atoms with van der Waals surface area (Å²) in [6.45, 7) is 2.31. The predicted octanol–water partition coefficient (Wildman–Crippen LogP) is 3.08. The molecule has 1 N–H and O–H groups in total. The van der Waals surface area contributed by atoms with Crippen molar-refractivity contribution in [2.45, 2.75) is 25.4 Å². The van der Waals surface area contributed by atoms with Crippen LogP contribution in [0, 0.1) is 5.92 Å². The molecule has 2 amide bonds. The van der Waals surface area contributed by atoms with Gasteiger partial charge in [0, 0.05) is 50.2 Å². The van der Waals surface area contributed by atoms with Gasteiger partial charge in [-0.1, -0.05) is 29.8 Å². The Morgan fingerprint density at radius 1 is 1.27 bits per heavy atom. The van der Waals surface area contributed by atoms with E-state index < -0.39 is 0 Å². The van der Waals surface area contributed by atoms with E-state index in [1.165, 1.54) is 6.20 Å². The van der Waals surface area contributed by atoms with Crippen molar-refractivity contribution in [3.63, 3.8) is 0 Å². The fourth-order valence-electron chi connectivity index (χ4n) is 3.70. The van der Waals surface area contributed by atoms with E-state index in [1.54, 1.807) is 11.0 Å². The third-order valence-corrected chi connectivity index (χ3v) is 5.61. The lowest BCUT2D eigenvalue weighted by atomic mass is 10.1. The number of carbonyl (C=O) groups is 2. The second kappa shape index (κ2) is 9.45. The normalized spacial score (nSPS) is 19.7. The van der Waals surface area contributed by atoms with E-state index in [4.69, 9.17) is 21.1 Å². The number of hydrogen-bond acceptors (Lipinski definition) is 5. The van der Waals surface area contributed by atoms with E-state index in [2.05, 4.69) is 10.3 Å². The third kappa shape index (κ3) is 4.91. The highest BCUT2D eigenvalue weighted by Crippen LogP contribution is 2.26. The summed E-state index contributed by atoms with van der Waals surface area (Å²) in [6, 6.07) is 11.1. The Bertz CT molecular complexity index is 903. The number of halogens is 1. The molecule has 0 bridgehead atoms. The van der Waals surface area contributed by atoms with Crippen LogP contribution in [-0.2, 0) is 9.53 Å². The van der Waals surface area contributed by atoms with Crippen molar-refractivity contribution in [1.82, 2.24) is 10.3 Å². The number of ether oxygens (including phenoxy) is 2. The highest BCUT2D eigenvalue weighted by molar-refractivity contribution is 6.32. The highest BCUT2D eigenvalue weighted by atomic mass is 35.5. The number of hydrogen-bond donors (Lipinski definition) is 1. The van der Waals surface area contributed by atoms with Crippen LogP contribution < -0.4 is 15.0 Å². The minimum absolute atomic E-state index is 0.0240. The van der Waals surface area contributed by atoms with Crippen LogP contribution in [0.2, 0.25) is 5.02 Å². The van der Waals surface area contributed by atoms with Gasteiger partial charge in [0.15, 0.2) is 0 Å². The zero-order valence-electron chi connectivity index (χ0n) is 16.6. The minimum atomic E-state index is -0.271. The lowest BCUT2D eigenvalue weighted by molar-refractivity contribution is -0.117. The monoisotopic (exact) mass is 429 g/mol.